The molecule has 0 saturated heterocycles. The number of carbonyl (C=O) groups excluding carboxylic acids is 3. The van der Waals surface area contributed by atoms with Crippen LogP contribution in [0.1, 0.15) is 15.2 Å². The number of nitrogens with one attached hydrogen (secondary N) is 2. The lowest BCUT2D eigenvalue weighted by Crippen LogP contribution is -2.37. The molecule has 1 heterocycles. The summed E-state index contributed by atoms with van der Waals surface area (Å²) in [4.78, 5) is 36.9. The molecule has 0 aliphatic heterocycles. The van der Waals surface area contributed by atoms with E-state index < -0.39 is 18.5 Å². The number of esters is 1. The number of hydrogen-bond donors (Lipinski definition) is 2. The van der Waals surface area contributed by atoms with Gasteiger partial charge in [-0.25, -0.2) is 4.79 Å². The number of amides is 2. The molecule has 2 rings (SSSR count). The molecule has 0 bridgehead atoms. The maximum atomic E-state index is 12.2. The molecule has 0 spiro atoms. The van der Waals surface area contributed by atoms with Crippen LogP contribution in [0, 0.1) is 0 Å². The second-order valence-corrected chi connectivity index (χ2v) is 6.94. The van der Waals surface area contributed by atoms with Crippen LogP contribution < -0.4 is 10.6 Å². The van der Waals surface area contributed by atoms with Crippen LogP contribution >= 0.6 is 23.1 Å². The topological polar surface area (TPSA) is 84.5 Å². The molecule has 0 fully saturated rings. The van der Waals surface area contributed by atoms with Crippen molar-refractivity contribution in [3.05, 3.63) is 52.2 Å². The van der Waals surface area contributed by atoms with Crippen LogP contribution in [0.15, 0.2) is 46.7 Å². The maximum Gasteiger partial charge on any atom is 0.339 e. The van der Waals surface area contributed by atoms with Gasteiger partial charge in [-0.2, -0.15) is 0 Å². The number of ether oxygens (including phenoxy) is 1. The highest BCUT2D eigenvalue weighted by Crippen LogP contribution is 2.28. The monoisotopic (exact) mass is 378 g/mol. The molecular formula is C17H18N2O4S2. The van der Waals surface area contributed by atoms with Crippen molar-refractivity contribution in [2.45, 2.75) is 10.6 Å². The van der Waals surface area contributed by atoms with E-state index in [4.69, 9.17) is 4.74 Å². The van der Waals surface area contributed by atoms with Crippen molar-refractivity contribution in [1.29, 1.82) is 0 Å². The molecule has 0 saturated carbocycles. The van der Waals surface area contributed by atoms with E-state index in [-0.39, 0.29) is 12.5 Å². The van der Waals surface area contributed by atoms with Crippen molar-refractivity contribution in [3.63, 3.8) is 0 Å². The predicted octanol–water partition coefficient (Wildman–Crippen LogP) is 2.06. The molecule has 2 N–H and O–H groups in total. The Kier molecular flexibility index (Phi) is 7.49. The first-order chi connectivity index (χ1) is 12.1. The molecule has 0 atom stereocenters. The third-order valence-corrected chi connectivity index (χ3v) is 5.30. The lowest BCUT2D eigenvalue weighted by atomic mass is 10.2. The number of carbonyl (C=O) groups is 3. The van der Waals surface area contributed by atoms with Gasteiger partial charge in [-0.1, -0.05) is 18.2 Å². The van der Waals surface area contributed by atoms with Gasteiger partial charge in [0.15, 0.2) is 6.61 Å². The number of rotatable bonds is 8. The Morgan fingerprint density at radius 1 is 1.12 bits per heavy atom. The summed E-state index contributed by atoms with van der Waals surface area (Å²) in [6.07, 6.45) is 0. The van der Waals surface area contributed by atoms with Gasteiger partial charge in [0, 0.05) is 22.6 Å². The first-order valence-electron chi connectivity index (χ1n) is 7.48. The summed E-state index contributed by atoms with van der Waals surface area (Å²) in [5, 5.41) is 6.75. The largest absolute Gasteiger partial charge is 0.452 e. The van der Waals surface area contributed by atoms with E-state index in [1.807, 2.05) is 29.6 Å². The van der Waals surface area contributed by atoms with Gasteiger partial charge in [-0.05, 0) is 23.6 Å². The van der Waals surface area contributed by atoms with Crippen LogP contribution in [0.2, 0.25) is 0 Å². The van der Waals surface area contributed by atoms with Crippen LogP contribution in [0.4, 0.5) is 0 Å². The average Bonchev–Trinajstić information content (AvgIpc) is 3.16. The van der Waals surface area contributed by atoms with Gasteiger partial charge >= 0.3 is 5.97 Å². The van der Waals surface area contributed by atoms with Crippen molar-refractivity contribution in [1.82, 2.24) is 10.6 Å². The SMILES string of the molecule is CNC(=O)CNC(=O)COC(=O)c1ccccc1SCc1cccs1. The Hall–Kier alpha value is -2.32. The molecule has 2 amide bonds. The molecular weight excluding hydrogens is 360 g/mol. The van der Waals surface area contributed by atoms with Crippen LogP contribution in [0.5, 0.6) is 0 Å². The fourth-order valence-electron chi connectivity index (χ4n) is 1.83. The van der Waals surface area contributed by atoms with Crippen molar-refractivity contribution in [3.8, 4) is 0 Å². The van der Waals surface area contributed by atoms with Gasteiger partial charge in [0.05, 0.1) is 12.1 Å². The predicted molar refractivity (Wildman–Crippen MR) is 97.7 cm³/mol. The van der Waals surface area contributed by atoms with Gasteiger partial charge in [-0.3, -0.25) is 9.59 Å². The van der Waals surface area contributed by atoms with Crippen LogP contribution in [0.3, 0.4) is 0 Å². The third-order valence-electron chi connectivity index (χ3n) is 3.12. The quantitative estimate of drug-likeness (QED) is 0.543. The summed E-state index contributed by atoms with van der Waals surface area (Å²) >= 11 is 3.20. The van der Waals surface area contributed by atoms with E-state index in [1.165, 1.54) is 11.9 Å². The Morgan fingerprint density at radius 2 is 1.92 bits per heavy atom. The highest BCUT2D eigenvalue weighted by molar-refractivity contribution is 7.98. The normalized spacial score (nSPS) is 10.1. The molecule has 0 aliphatic rings. The second kappa shape index (κ2) is 9.85. The second-order valence-electron chi connectivity index (χ2n) is 4.89. The Bertz CT molecular complexity index is 732. The van der Waals surface area contributed by atoms with Crippen LogP contribution in [-0.4, -0.2) is 38.0 Å². The van der Waals surface area contributed by atoms with E-state index in [2.05, 4.69) is 10.6 Å². The standard InChI is InChI=1S/C17H18N2O4S2/c1-18-15(20)9-19-16(21)10-23-17(22)13-6-2-3-7-14(13)25-11-12-5-4-8-24-12/h2-8H,9-11H2,1H3,(H,18,20)(H,19,21). The van der Waals surface area contributed by atoms with Gasteiger partial charge in [0.2, 0.25) is 5.91 Å². The summed E-state index contributed by atoms with van der Waals surface area (Å²) in [6.45, 7) is -0.583. The molecule has 25 heavy (non-hydrogen) atoms. The Balaban J connectivity index is 1.88. The van der Waals surface area contributed by atoms with Gasteiger partial charge < -0.3 is 15.4 Å². The Labute approximate surface area is 154 Å². The van der Waals surface area contributed by atoms with Crippen molar-refractivity contribution in [2.75, 3.05) is 20.2 Å². The lowest BCUT2D eigenvalue weighted by molar-refractivity contribution is -0.127. The molecule has 0 radical (unpaired) electrons. The highest BCUT2D eigenvalue weighted by Gasteiger charge is 2.15. The fourth-order valence-corrected chi connectivity index (χ4v) is 3.65. The molecule has 6 nitrogen and oxygen atoms in total. The number of benzene rings is 1. The van der Waals surface area contributed by atoms with Gasteiger partial charge in [0.1, 0.15) is 0 Å². The molecule has 1 aromatic carbocycles. The maximum absolute atomic E-state index is 12.2. The van der Waals surface area contributed by atoms with Crippen molar-refractivity contribution < 1.29 is 19.1 Å². The number of thioether (sulfide) groups is 1. The minimum absolute atomic E-state index is 0.153. The third kappa shape index (κ3) is 6.24. The zero-order valence-electron chi connectivity index (χ0n) is 13.6. The zero-order valence-corrected chi connectivity index (χ0v) is 15.2. The minimum atomic E-state index is -0.565. The minimum Gasteiger partial charge on any atom is -0.452 e. The first-order valence-corrected chi connectivity index (χ1v) is 9.35. The first kappa shape index (κ1) is 19.0. The summed E-state index contributed by atoms with van der Waals surface area (Å²) in [5.74, 6) is -0.658. The van der Waals surface area contributed by atoms with Gasteiger partial charge in [0.25, 0.3) is 5.91 Å². The average molecular weight is 378 g/mol. The van der Waals surface area contributed by atoms with E-state index >= 15 is 0 Å². The number of thiophene rings is 1. The summed E-state index contributed by atoms with van der Waals surface area (Å²) in [6, 6.07) is 11.1. The summed E-state index contributed by atoms with van der Waals surface area (Å²) < 4.78 is 5.04. The smallest absolute Gasteiger partial charge is 0.339 e. The summed E-state index contributed by atoms with van der Waals surface area (Å²) in [7, 11) is 1.47. The lowest BCUT2D eigenvalue weighted by Gasteiger charge is -2.09. The van der Waals surface area contributed by atoms with E-state index in [0.29, 0.717) is 5.56 Å². The van der Waals surface area contributed by atoms with E-state index in [1.54, 1.807) is 35.2 Å². The van der Waals surface area contributed by atoms with Gasteiger partial charge in [-0.15, -0.1) is 23.1 Å². The number of hydrogen-bond acceptors (Lipinski definition) is 6. The molecule has 132 valence electrons. The number of likely N-dealkylation sites (N-methyl/N-ethyl adjacent to an activating group) is 1. The van der Waals surface area contributed by atoms with Crippen molar-refractivity contribution in [2.24, 2.45) is 0 Å². The zero-order chi connectivity index (χ0) is 18.1. The molecule has 1 aromatic heterocycles. The molecule has 2 aromatic rings. The summed E-state index contributed by atoms with van der Waals surface area (Å²) in [5.41, 5.74) is 0.420. The van der Waals surface area contributed by atoms with Crippen molar-refractivity contribution >= 4 is 40.9 Å². The van der Waals surface area contributed by atoms with Crippen LogP contribution in [0.25, 0.3) is 0 Å². The fraction of sp³-hybridized carbons (Fsp3) is 0.235. The molecule has 0 aliphatic carbocycles. The van der Waals surface area contributed by atoms with E-state index in [0.717, 1.165) is 10.6 Å². The molecule has 8 heteroatoms. The van der Waals surface area contributed by atoms with Crippen LogP contribution in [-0.2, 0) is 20.1 Å². The molecule has 0 unspecified atom stereocenters. The van der Waals surface area contributed by atoms with E-state index in [9.17, 15) is 14.4 Å². The Morgan fingerprint density at radius 3 is 2.64 bits per heavy atom. The highest BCUT2D eigenvalue weighted by atomic mass is 32.2.